The van der Waals surface area contributed by atoms with Crippen LogP contribution in [-0.4, -0.2) is 36.2 Å². The van der Waals surface area contributed by atoms with E-state index in [-0.39, 0.29) is 0 Å². The highest BCUT2D eigenvalue weighted by Gasteiger charge is 2.19. The first kappa shape index (κ1) is 11.4. The van der Waals surface area contributed by atoms with Crippen LogP contribution in [0.15, 0.2) is 6.20 Å². The van der Waals surface area contributed by atoms with E-state index in [4.69, 9.17) is 16.3 Å². The molecule has 6 heteroatoms. The molecule has 1 aromatic rings. The Labute approximate surface area is 99.6 Å². The third-order valence-electron chi connectivity index (χ3n) is 2.33. The van der Waals surface area contributed by atoms with Crippen molar-refractivity contribution in [2.45, 2.75) is 18.9 Å². The van der Waals surface area contributed by atoms with E-state index in [0.717, 1.165) is 19.1 Å². The minimum absolute atomic E-state index is 0.321. The van der Waals surface area contributed by atoms with Crippen molar-refractivity contribution in [1.82, 2.24) is 15.3 Å². The smallest absolute Gasteiger partial charge is 0.318 e. The molecule has 88 valence electrons. The summed E-state index contributed by atoms with van der Waals surface area (Å²) in [6.07, 6.45) is 4.12. The van der Waals surface area contributed by atoms with Gasteiger partial charge in [-0.2, -0.15) is 4.98 Å². The van der Waals surface area contributed by atoms with Crippen molar-refractivity contribution in [3.63, 3.8) is 0 Å². The molecule has 0 saturated heterocycles. The first-order valence-electron chi connectivity index (χ1n) is 5.33. The Balaban J connectivity index is 1.81. The molecule has 16 heavy (non-hydrogen) atoms. The summed E-state index contributed by atoms with van der Waals surface area (Å²) in [5.74, 6) is 0.617. The largest absolute Gasteiger partial charge is 0.467 e. The zero-order valence-corrected chi connectivity index (χ0v) is 9.92. The lowest BCUT2D eigenvalue weighted by molar-refractivity contribution is 0.380. The van der Waals surface area contributed by atoms with Crippen molar-refractivity contribution < 1.29 is 4.74 Å². The number of hydrogen-bond donors (Lipinski definition) is 2. The van der Waals surface area contributed by atoms with E-state index in [2.05, 4.69) is 20.6 Å². The number of anilines is 1. The van der Waals surface area contributed by atoms with Crippen molar-refractivity contribution in [3.8, 4) is 6.01 Å². The SMILES string of the molecule is COc1ncc(Cl)c(NCCNC2CC2)n1. The van der Waals surface area contributed by atoms with Crippen LogP contribution in [0.2, 0.25) is 5.02 Å². The van der Waals surface area contributed by atoms with Crippen LogP contribution in [0, 0.1) is 0 Å². The van der Waals surface area contributed by atoms with E-state index in [1.807, 2.05) is 0 Å². The van der Waals surface area contributed by atoms with Gasteiger partial charge in [0.2, 0.25) is 0 Å². The second kappa shape index (κ2) is 5.32. The number of rotatable bonds is 6. The lowest BCUT2D eigenvalue weighted by atomic mass is 10.5. The normalized spacial score (nSPS) is 14.9. The van der Waals surface area contributed by atoms with Gasteiger partial charge in [0.05, 0.1) is 13.3 Å². The molecule has 2 rings (SSSR count). The van der Waals surface area contributed by atoms with Gasteiger partial charge in [0.1, 0.15) is 5.02 Å². The number of halogens is 1. The highest BCUT2D eigenvalue weighted by Crippen LogP contribution is 2.20. The average Bonchev–Trinajstić information content (AvgIpc) is 3.10. The highest BCUT2D eigenvalue weighted by atomic mass is 35.5. The van der Waals surface area contributed by atoms with Crippen LogP contribution in [0.4, 0.5) is 5.82 Å². The van der Waals surface area contributed by atoms with Crippen molar-refractivity contribution >= 4 is 17.4 Å². The molecule has 0 radical (unpaired) electrons. The second-order valence-electron chi connectivity index (χ2n) is 3.71. The molecule has 1 fully saturated rings. The lowest BCUT2D eigenvalue weighted by Gasteiger charge is -2.08. The number of aromatic nitrogens is 2. The van der Waals surface area contributed by atoms with E-state index in [1.165, 1.54) is 26.1 Å². The second-order valence-corrected chi connectivity index (χ2v) is 4.12. The Bertz CT molecular complexity index is 357. The number of nitrogens with zero attached hydrogens (tertiary/aromatic N) is 2. The van der Waals surface area contributed by atoms with Gasteiger partial charge in [0, 0.05) is 19.1 Å². The van der Waals surface area contributed by atoms with Crippen LogP contribution in [0.3, 0.4) is 0 Å². The van der Waals surface area contributed by atoms with Crippen molar-refractivity contribution in [1.29, 1.82) is 0 Å². The van der Waals surface area contributed by atoms with Gasteiger partial charge < -0.3 is 15.4 Å². The molecule has 0 amide bonds. The quantitative estimate of drug-likeness (QED) is 0.737. The van der Waals surface area contributed by atoms with Crippen LogP contribution < -0.4 is 15.4 Å². The maximum absolute atomic E-state index is 5.94. The first-order valence-corrected chi connectivity index (χ1v) is 5.71. The van der Waals surface area contributed by atoms with E-state index in [0.29, 0.717) is 16.9 Å². The van der Waals surface area contributed by atoms with Crippen LogP contribution >= 0.6 is 11.6 Å². The summed E-state index contributed by atoms with van der Waals surface area (Å²) >= 11 is 5.94. The summed E-state index contributed by atoms with van der Waals surface area (Å²) in [5.41, 5.74) is 0. The Morgan fingerprint density at radius 1 is 1.50 bits per heavy atom. The molecule has 1 aliphatic carbocycles. The van der Waals surface area contributed by atoms with Crippen LogP contribution in [-0.2, 0) is 0 Å². The van der Waals surface area contributed by atoms with Gasteiger partial charge in [-0.1, -0.05) is 11.6 Å². The van der Waals surface area contributed by atoms with Gasteiger partial charge in [0.25, 0.3) is 0 Å². The predicted molar refractivity (Wildman–Crippen MR) is 63.1 cm³/mol. The summed E-state index contributed by atoms with van der Waals surface area (Å²) in [6.45, 7) is 1.70. The summed E-state index contributed by atoms with van der Waals surface area (Å²) in [4.78, 5) is 8.02. The summed E-state index contributed by atoms with van der Waals surface area (Å²) < 4.78 is 4.93. The van der Waals surface area contributed by atoms with E-state index in [1.54, 1.807) is 0 Å². The zero-order valence-electron chi connectivity index (χ0n) is 9.16. The monoisotopic (exact) mass is 242 g/mol. The molecule has 1 heterocycles. The van der Waals surface area contributed by atoms with Gasteiger partial charge in [-0.05, 0) is 12.8 Å². The topological polar surface area (TPSA) is 59.1 Å². The number of hydrogen-bond acceptors (Lipinski definition) is 5. The van der Waals surface area contributed by atoms with Gasteiger partial charge in [-0.3, -0.25) is 0 Å². The predicted octanol–water partition coefficient (Wildman–Crippen LogP) is 1.30. The van der Waals surface area contributed by atoms with E-state index < -0.39 is 0 Å². The Hall–Kier alpha value is -1.07. The number of methoxy groups -OCH3 is 1. The molecule has 0 aliphatic heterocycles. The molecular formula is C10H15ClN4O. The molecular weight excluding hydrogens is 228 g/mol. The maximum Gasteiger partial charge on any atom is 0.318 e. The van der Waals surface area contributed by atoms with Gasteiger partial charge in [-0.15, -0.1) is 0 Å². The summed E-state index contributed by atoms with van der Waals surface area (Å²) in [6, 6.07) is 1.04. The van der Waals surface area contributed by atoms with Gasteiger partial charge in [0.15, 0.2) is 5.82 Å². The molecule has 1 saturated carbocycles. The summed E-state index contributed by atoms with van der Waals surface area (Å²) in [5, 5.41) is 7.05. The zero-order chi connectivity index (χ0) is 11.4. The highest BCUT2D eigenvalue weighted by molar-refractivity contribution is 6.32. The van der Waals surface area contributed by atoms with Crippen LogP contribution in [0.5, 0.6) is 6.01 Å². The van der Waals surface area contributed by atoms with Crippen molar-refractivity contribution in [3.05, 3.63) is 11.2 Å². The minimum Gasteiger partial charge on any atom is -0.467 e. The van der Waals surface area contributed by atoms with Crippen LogP contribution in [0.1, 0.15) is 12.8 Å². The summed E-state index contributed by atoms with van der Waals surface area (Å²) in [7, 11) is 1.53. The lowest BCUT2D eigenvalue weighted by Crippen LogP contribution is -2.24. The third-order valence-corrected chi connectivity index (χ3v) is 2.61. The van der Waals surface area contributed by atoms with Gasteiger partial charge >= 0.3 is 6.01 Å². The number of ether oxygens (including phenoxy) is 1. The number of nitrogens with one attached hydrogen (secondary N) is 2. The standard InChI is InChI=1S/C10H15ClN4O/c1-16-10-14-6-8(11)9(15-10)13-5-4-12-7-2-3-7/h6-7,12H,2-5H2,1H3,(H,13,14,15). The fraction of sp³-hybridized carbons (Fsp3) is 0.600. The molecule has 0 spiro atoms. The molecule has 1 aromatic heterocycles. The van der Waals surface area contributed by atoms with Crippen LogP contribution in [0.25, 0.3) is 0 Å². The maximum atomic E-state index is 5.94. The molecule has 0 unspecified atom stereocenters. The molecule has 0 atom stereocenters. The fourth-order valence-corrected chi connectivity index (χ4v) is 1.48. The molecule has 0 bridgehead atoms. The molecule has 2 N–H and O–H groups in total. The average molecular weight is 243 g/mol. The fourth-order valence-electron chi connectivity index (χ4n) is 1.32. The third kappa shape index (κ3) is 3.21. The Morgan fingerprint density at radius 3 is 3.00 bits per heavy atom. The first-order chi connectivity index (χ1) is 7.79. The van der Waals surface area contributed by atoms with E-state index >= 15 is 0 Å². The molecule has 5 nitrogen and oxygen atoms in total. The minimum atomic E-state index is 0.321. The molecule has 0 aromatic carbocycles. The Kier molecular flexibility index (Phi) is 3.79. The van der Waals surface area contributed by atoms with Crippen molar-refractivity contribution in [2.24, 2.45) is 0 Å². The van der Waals surface area contributed by atoms with Gasteiger partial charge in [-0.25, -0.2) is 4.98 Å². The van der Waals surface area contributed by atoms with E-state index in [9.17, 15) is 0 Å². The Morgan fingerprint density at radius 2 is 2.31 bits per heavy atom. The van der Waals surface area contributed by atoms with Crippen molar-refractivity contribution in [2.75, 3.05) is 25.5 Å². The molecule has 1 aliphatic rings.